The van der Waals surface area contributed by atoms with E-state index in [1.807, 2.05) is 17.8 Å². The molecule has 2 aromatic rings. The number of aromatic amines is 1. The second kappa shape index (κ2) is 5.40. The lowest BCUT2D eigenvalue weighted by atomic mass is 9.93. The molecule has 0 amide bonds. The van der Waals surface area contributed by atoms with E-state index < -0.39 is 0 Å². The fourth-order valence-electron chi connectivity index (χ4n) is 2.68. The van der Waals surface area contributed by atoms with E-state index in [9.17, 15) is 0 Å². The van der Waals surface area contributed by atoms with Crippen LogP contribution in [0.5, 0.6) is 0 Å². The Balaban J connectivity index is 2.46. The second-order valence-electron chi connectivity index (χ2n) is 5.37. The summed E-state index contributed by atoms with van der Waals surface area (Å²) in [5, 5.41) is 4.55. The summed E-state index contributed by atoms with van der Waals surface area (Å²) >= 11 is 0. The smallest absolute Gasteiger partial charge is 0.126 e. The Hall–Kier alpha value is -1.62. The van der Waals surface area contributed by atoms with Gasteiger partial charge >= 0.3 is 0 Å². The number of aromatic nitrogens is 4. The minimum absolute atomic E-state index is 0.374. The highest BCUT2D eigenvalue weighted by atomic mass is 15.3. The fraction of sp³-hybridized carbons (Fsp3) is 0.600. The summed E-state index contributed by atoms with van der Waals surface area (Å²) < 4.78 is 2.01. The number of aryl methyl sites for hydroxylation is 2. The molecule has 0 saturated carbocycles. The van der Waals surface area contributed by atoms with Gasteiger partial charge in [-0.3, -0.25) is 4.68 Å². The van der Waals surface area contributed by atoms with Crippen LogP contribution in [-0.4, -0.2) is 19.7 Å². The van der Waals surface area contributed by atoms with Crippen molar-refractivity contribution in [2.75, 3.05) is 0 Å². The molecule has 5 nitrogen and oxygen atoms in total. The maximum atomic E-state index is 6.40. The van der Waals surface area contributed by atoms with Gasteiger partial charge in [0, 0.05) is 17.8 Å². The zero-order valence-corrected chi connectivity index (χ0v) is 13.1. The first-order chi connectivity index (χ1) is 9.46. The molecule has 0 aliphatic rings. The Bertz CT molecular complexity index is 589. The third-order valence-electron chi connectivity index (χ3n) is 4.26. The molecule has 0 saturated heterocycles. The molecular formula is C15H25N5. The molecule has 2 rings (SSSR count). The minimum Gasteiger partial charge on any atom is -0.340 e. The van der Waals surface area contributed by atoms with Gasteiger partial charge in [-0.25, -0.2) is 4.98 Å². The number of hydrogen-bond donors (Lipinski definition) is 2. The number of rotatable bonds is 5. The topological polar surface area (TPSA) is 72.5 Å². The largest absolute Gasteiger partial charge is 0.340 e. The van der Waals surface area contributed by atoms with Crippen molar-refractivity contribution in [1.29, 1.82) is 0 Å². The number of nitrogens with one attached hydrogen (secondary N) is 1. The van der Waals surface area contributed by atoms with E-state index in [1.165, 1.54) is 0 Å². The van der Waals surface area contributed by atoms with Crippen molar-refractivity contribution < 1.29 is 0 Å². The lowest BCUT2D eigenvalue weighted by molar-refractivity contribution is 0.391. The highest BCUT2D eigenvalue weighted by Crippen LogP contribution is 2.29. The van der Waals surface area contributed by atoms with Crippen LogP contribution in [0.1, 0.15) is 50.8 Å². The van der Waals surface area contributed by atoms with Crippen LogP contribution in [0.3, 0.4) is 0 Å². The predicted octanol–water partition coefficient (Wildman–Crippen LogP) is 2.88. The summed E-state index contributed by atoms with van der Waals surface area (Å²) in [5.74, 6) is 0.862. The summed E-state index contributed by atoms with van der Waals surface area (Å²) in [7, 11) is 0. The van der Waals surface area contributed by atoms with E-state index in [0.717, 1.165) is 47.9 Å². The van der Waals surface area contributed by atoms with E-state index >= 15 is 0 Å². The number of hydrogen-bond acceptors (Lipinski definition) is 3. The van der Waals surface area contributed by atoms with Gasteiger partial charge < -0.3 is 10.7 Å². The molecule has 0 bridgehead atoms. The van der Waals surface area contributed by atoms with E-state index in [-0.39, 0.29) is 5.54 Å². The van der Waals surface area contributed by atoms with Crippen molar-refractivity contribution in [3.8, 4) is 11.3 Å². The lowest BCUT2D eigenvalue weighted by Gasteiger charge is -2.23. The van der Waals surface area contributed by atoms with Gasteiger partial charge in [0.05, 0.1) is 23.1 Å². The Morgan fingerprint density at radius 3 is 2.40 bits per heavy atom. The molecule has 0 aliphatic heterocycles. The molecule has 0 aromatic carbocycles. The summed E-state index contributed by atoms with van der Waals surface area (Å²) in [6.45, 7) is 11.3. The zero-order chi connectivity index (χ0) is 14.9. The van der Waals surface area contributed by atoms with E-state index in [4.69, 9.17) is 5.73 Å². The highest BCUT2D eigenvalue weighted by Gasteiger charge is 2.27. The van der Waals surface area contributed by atoms with Gasteiger partial charge in [-0.1, -0.05) is 13.8 Å². The van der Waals surface area contributed by atoms with E-state index in [1.54, 1.807) is 0 Å². The number of nitrogens with zero attached hydrogens (tertiary/aromatic N) is 3. The molecule has 0 unspecified atom stereocenters. The maximum absolute atomic E-state index is 6.40. The predicted molar refractivity (Wildman–Crippen MR) is 81.4 cm³/mol. The van der Waals surface area contributed by atoms with Gasteiger partial charge in [-0.15, -0.1) is 0 Å². The summed E-state index contributed by atoms with van der Waals surface area (Å²) in [4.78, 5) is 7.91. The third-order valence-corrected chi connectivity index (χ3v) is 4.26. The van der Waals surface area contributed by atoms with Crippen LogP contribution >= 0.6 is 0 Å². The standard InChI is InChI=1S/C15H25N5/c1-6-15(16,7-2)14-17-9-12(18-14)13-10(4)19-20(8-3)11(13)5/h9H,6-8,16H2,1-5H3,(H,17,18). The fourth-order valence-corrected chi connectivity index (χ4v) is 2.68. The van der Waals surface area contributed by atoms with Crippen LogP contribution in [0.2, 0.25) is 0 Å². The van der Waals surface area contributed by atoms with Crippen LogP contribution in [0.25, 0.3) is 11.3 Å². The second-order valence-corrected chi connectivity index (χ2v) is 5.37. The molecule has 0 radical (unpaired) electrons. The molecule has 20 heavy (non-hydrogen) atoms. The van der Waals surface area contributed by atoms with Gasteiger partial charge in [0.1, 0.15) is 5.82 Å². The monoisotopic (exact) mass is 275 g/mol. The molecule has 3 N–H and O–H groups in total. The van der Waals surface area contributed by atoms with Gasteiger partial charge in [-0.2, -0.15) is 5.10 Å². The number of imidazole rings is 1. The first-order valence-corrected chi connectivity index (χ1v) is 7.35. The third kappa shape index (κ3) is 2.26. The van der Waals surface area contributed by atoms with Crippen LogP contribution < -0.4 is 5.73 Å². The van der Waals surface area contributed by atoms with Gasteiger partial charge in [-0.05, 0) is 33.6 Å². The molecule has 5 heteroatoms. The average molecular weight is 275 g/mol. The van der Waals surface area contributed by atoms with Crippen LogP contribution in [0, 0.1) is 13.8 Å². The molecule has 0 aliphatic carbocycles. The molecule has 2 heterocycles. The molecule has 0 atom stereocenters. The van der Waals surface area contributed by atoms with Crippen molar-refractivity contribution >= 4 is 0 Å². The maximum Gasteiger partial charge on any atom is 0.126 e. The molecule has 0 spiro atoms. The van der Waals surface area contributed by atoms with Crippen LogP contribution in [-0.2, 0) is 12.1 Å². The Morgan fingerprint density at radius 1 is 1.25 bits per heavy atom. The van der Waals surface area contributed by atoms with Crippen molar-refractivity contribution in [3.63, 3.8) is 0 Å². The molecule has 110 valence electrons. The molecular weight excluding hydrogens is 250 g/mol. The van der Waals surface area contributed by atoms with Crippen LogP contribution in [0.4, 0.5) is 0 Å². The van der Waals surface area contributed by atoms with Gasteiger partial charge in [0.2, 0.25) is 0 Å². The van der Waals surface area contributed by atoms with Crippen molar-refractivity contribution in [2.24, 2.45) is 5.73 Å². The van der Waals surface area contributed by atoms with Crippen molar-refractivity contribution in [3.05, 3.63) is 23.4 Å². The number of nitrogens with two attached hydrogens (primary N) is 1. The zero-order valence-electron chi connectivity index (χ0n) is 13.1. The Labute approximate surface area is 120 Å². The van der Waals surface area contributed by atoms with Crippen molar-refractivity contribution in [1.82, 2.24) is 19.7 Å². The first kappa shape index (κ1) is 14.8. The minimum atomic E-state index is -0.374. The van der Waals surface area contributed by atoms with Gasteiger partial charge in [0.15, 0.2) is 0 Å². The Kier molecular flexibility index (Phi) is 3.99. The quantitative estimate of drug-likeness (QED) is 0.881. The average Bonchev–Trinajstić information content (AvgIpc) is 3.03. The molecule has 0 fully saturated rings. The summed E-state index contributed by atoms with van der Waals surface area (Å²) in [6.07, 6.45) is 3.60. The van der Waals surface area contributed by atoms with Crippen LogP contribution in [0.15, 0.2) is 6.20 Å². The Morgan fingerprint density at radius 2 is 1.90 bits per heavy atom. The SMILES string of the molecule is CCn1nc(C)c(-c2cnc(C(N)(CC)CC)[nH]2)c1C. The van der Waals surface area contributed by atoms with E-state index in [2.05, 4.69) is 42.8 Å². The summed E-state index contributed by atoms with van der Waals surface area (Å²) in [5.41, 5.74) is 10.4. The van der Waals surface area contributed by atoms with Gasteiger partial charge in [0.25, 0.3) is 0 Å². The normalized spacial score (nSPS) is 12.1. The molecule has 2 aromatic heterocycles. The van der Waals surface area contributed by atoms with E-state index in [0.29, 0.717) is 0 Å². The highest BCUT2D eigenvalue weighted by molar-refractivity contribution is 5.64. The number of H-pyrrole nitrogens is 1. The summed E-state index contributed by atoms with van der Waals surface area (Å²) in [6, 6.07) is 0. The lowest BCUT2D eigenvalue weighted by Crippen LogP contribution is -2.36. The van der Waals surface area contributed by atoms with Crippen molar-refractivity contribution in [2.45, 2.75) is 59.5 Å². The first-order valence-electron chi connectivity index (χ1n) is 7.35.